The Morgan fingerprint density at radius 3 is 2.74 bits per heavy atom. The van der Waals surface area contributed by atoms with Crippen molar-refractivity contribution in [3.05, 3.63) is 18.0 Å². The van der Waals surface area contributed by atoms with E-state index in [4.69, 9.17) is 5.26 Å². The summed E-state index contributed by atoms with van der Waals surface area (Å²) in [4.78, 5) is 12.8. The molecule has 5 heteroatoms. The van der Waals surface area contributed by atoms with E-state index in [0.29, 0.717) is 23.3 Å². The molecule has 0 bridgehead atoms. The van der Waals surface area contributed by atoms with Gasteiger partial charge in [-0.15, -0.1) is 0 Å². The van der Waals surface area contributed by atoms with Crippen LogP contribution in [0.1, 0.15) is 83.6 Å². The molecule has 0 amide bonds. The van der Waals surface area contributed by atoms with Gasteiger partial charge >= 0.3 is 0 Å². The van der Waals surface area contributed by atoms with Crippen LogP contribution in [-0.4, -0.2) is 26.3 Å². The molecular weight excluding hydrogens is 386 g/mol. The Labute approximate surface area is 186 Å². The monoisotopic (exact) mass is 423 g/mol. The van der Waals surface area contributed by atoms with Gasteiger partial charge in [-0.25, -0.2) is 0 Å². The summed E-state index contributed by atoms with van der Waals surface area (Å²) in [6, 6.07) is 2.08. The van der Waals surface area contributed by atoms with Crippen LogP contribution >= 0.6 is 0 Å². The molecule has 1 aromatic heterocycles. The molecule has 5 nitrogen and oxygen atoms in total. The number of aromatic nitrogens is 2. The van der Waals surface area contributed by atoms with Crippen LogP contribution < -0.4 is 0 Å². The molecule has 0 saturated heterocycles. The summed E-state index contributed by atoms with van der Waals surface area (Å²) in [5.74, 6) is 4.71. The average molecular weight is 424 g/mol. The van der Waals surface area contributed by atoms with Crippen LogP contribution in [0.3, 0.4) is 0 Å². The quantitative estimate of drug-likeness (QED) is 0.759. The van der Waals surface area contributed by atoms with Crippen LogP contribution in [0.15, 0.2) is 12.4 Å². The fraction of sp³-hybridized carbons (Fsp3) is 0.808. The Morgan fingerprint density at radius 1 is 1.16 bits per heavy atom. The maximum absolute atomic E-state index is 12.8. The molecule has 0 spiro atoms. The van der Waals surface area contributed by atoms with Crippen LogP contribution in [0.25, 0.3) is 0 Å². The zero-order valence-corrected chi connectivity index (χ0v) is 19.1. The van der Waals surface area contributed by atoms with E-state index in [-0.39, 0.29) is 12.3 Å². The van der Waals surface area contributed by atoms with Crippen molar-refractivity contribution in [2.75, 3.05) is 0 Å². The summed E-state index contributed by atoms with van der Waals surface area (Å²) in [6.45, 7) is 4.81. The average Bonchev–Trinajstić information content (AvgIpc) is 3.31. The summed E-state index contributed by atoms with van der Waals surface area (Å²) in [5.41, 5.74) is 0.364. The highest BCUT2D eigenvalue weighted by atomic mass is 16.3. The van der Waals surface area contributed by atoms with E-state index >= 15 is 0 Å². The van der Waals surface area contributed by atoms with E-state index in [1.54, 1.807) is 10.9 Å². The number of aliphatic hydroxyl groups is 1. The number of carbonyl (C=O) groups is 1. The summed E-state index contributed by atoms with van der Waals surface area (Å²) in [5, 5.41) is 23.7. The minimum Gasteiger partial charge on any atom is -0.390 e. The van der Waals surface area contributed by atoms with Gasteiger partial charge in [0.05, 0.1) is 23.9 Å². The molecule has 0 unspecified atom stereocenters. The second-order valence-corrected chi connectivity index (χ2v) is 11.8. The smallest absolute Gasteiger partial charge is 0.154 e. The number of carbonyl (C=O) groups excluding carboxylic acids is 1. The van der Waals surface area contributed by atoms with E-state index < -0.39 is 5.60 Å². The van der Waals surface area contributed by atoms with Crippen LogP contribution in [0.4, 0.5) is 0 Å². The zero-order chi connectivity index (χ0) is 21.8. The molecule has 0 aromatic carbocycles. The maximum atomic E-state index is 12.8. The van der Waals surface area contributed by atoms with Gasteiger partial charge in [-0.1, -0.05) is 6.92 Å². The highest BCUT2D eigenvalue weighted by Crippen LogP contribution is 2.65. The van der Waals surface area contributed by atoms with E-state index in [1.165, 1.54) is 51.1 Å². The molecule has 1 N–H and O–H groups in total. The highest BCUT2D eigenvalue weighted by Gasteiger charge is 2.57. The van der Waals surface area contributed by atoms with Crippen molar-refractivity contribution in [1.82, 2.24) is 9.78 Å². The normalized spacial score (nSPS) is 44.1. The molecule has 4 fully saturated rings. The standard InChI is InChI=1S/C26H37N3O2/c1-25(31)9-7-21-18(12-25)3-5-23-22(21)8-10-26(2)19(4-6-24(23)26)11-20(30)16-29-15-17(13-27)14-28-29/h14-15,18-19,21-24,31H,3-12,16H2,1-2H3/t18-,19+,21-,22+,23+,24-,25+,26+/m0/s1. The van der Waals surface area contributed by atoms with Crippen LogP contribution in [0.2, 0.25) is 0 Å². The SMILES string of the molecule is C[C@@]1(O)CC[C@H]2[C@@H](CC[C@@H]3[C@@H]2CC[C@]2(C)[C@@H](CC(=O)Cn4cc(C#N)cn4)CC[C@@H]32)C1. The summed E-state index contributed by atoms with van der Waals surface area (Å²) >= 11 is 0. The van der Waals surface area contributed by atoms with Crippen molar-refractivity contribution < 1.29 is 9.90 Å². The lowest BCUT2D eigenvalue weighted by Gasteiger charge is -2.57. The third-order valence-electron chi connectivity index (χ3n) is 10.0. The first-order chi connectivity index (χ1) is 14.8. The van der Waals surface area contributed by atoms with Gasteiger partial charge in [0.1, 0.15) is 6.07 Å². The largest absolute Gasteiger partial charge is 0.390 e. The molecule has 31 heavy (non-hydrogen) atoms. The summed E-state index contributed by atoms with van der Waals surface area (Å²) in [6.07, 6.45) is 14.7. The topological polar surface area (TPSA) is 78.9 Å². The Bertz CT molecular complexity index is 883. The van der Waals surface area contributed by atoms with Gasteiger partial charge < -0.3 is 5.11 Å². The van der Waals surface area contributed by atoms with Crippen molar-refractivity contribution >= 4 is 5.78 Å². The Hall–Kier alpha value is -1.67. The first kappa shape index (κ1) is 21.2. The molecule has 0 aliphatic heterocycles. The lowest BCUT2D eigenvalue weighted by molar-refractivity contribution is -0.123. The zero-order valence-electron chi connectivity index (χ0n) is 19.1. The van der Waals surface area contributed by atoms with Crippen molar-refractivity contribution in [3.8, 4) is 6.07 Å². The van der Waals surface area contributed by atoms with Gasteiger partial charge in [0, 0.05) is 12.6 Å². The predicted octanol–water partition coefficient (Wildman–Crippen LogP) is 4.73. The van der Waals surface area contributed by atoms with Gasteiger partial charge in [-0.05, 0) is 106 Å². The number of hydrogen-bond donors (Lipinski definition) is 1. The molecule has 1 aromatic rings. The second kappa shape index (κ2) is 7.73. The van der Waals surface area contributed by atoms with Crippen molar-refractivity contribution in [2.45, 2.75) is 90.2 Å². The lowest BCUT2D eigenvalue weighted by Crippen LogP contribution is -2.50. The fourth-order valence-electron chi connectivity index (χ4n) is 8.55. The van der Waals surface area contributed by atoms with Gasteiger partial charge in [0.2, 0.25) is 0 Å². The van der Waals surface area contributed by atoms with E-state index in [0.717, 1.165) is 42.4 Å². The maximum Gasteiger partial charge on any atom is 0.154 e. The number of fused-ring (bicyclic) bond motifs is 5. The molecule has 4 aliphatic rings. The minimum absolute atomic E-state index is 0.250. The number of nitrogens with zero attached hydrogens (tertiary/aromatic N) is 3. The van der Waals surface area contributed by atoms with Crippen LogP contribution in [-0.2, 0) is 11.3 Å². The number of rotatable bonds is 4. The van der Waals surface area contributed by atoms with Gasteiger partial charge in [0.15, 0.2) is 5.78 Å². The van der Waals surface area contributed by atoms with Crippen molar-refractivity contribution in [2.24, 2.45) is 40.9 Å². The van der Waals surface area contributed by atoms with E-state index in [2.05, 4.69) is 18.1 Å². The van der Waals surface area contributed by atoms with Crippen molar-refractivity contribution in [1.29, 1.82) is 5.26 Å². The van der Waals surface area contributed by atoms with Gasteiger partial charge in [0.25, 0.3) is 0 Å². The third kappa shape index (κ3) is 3.75. The first-order valence-corrected chi connectivity index (χ1v) is 12.5. The first-order valence-electron chi connectivity index (χ1n) is 12.5. The molecule has 1 heterocycles. The lowest BCUT2D eigenvalue weighted by atomic mass is 9.49. The summed E-state index contributed by atoms with van der Waals surface area (Å²) < 4.78 is 1.62. The predicted molar refractivity (Wildman–Crippen MR) is 118 cm³/mol. The molecule has 8 atom stereocenters. The molecule has 4 saturated carbocycles. The molecular formula is C26H37N3O2. The van der Waals surface area contributed by atoms with Crippen molar-refractivity contribution in [3.63, 3.8) is 0 Å². The molecule has 4 aliphatic carbocycles. The Kier molecular flexibility index (Phi) is 5.28. The number of hydrogen-bond acceptors (Lipinski definition) is 4. The van der Waals surface area contributed by atoms with Gasteiger partial charge in [-0.2, -0.15) is 10.4 Å². The number of ketones is 1. The van der Waals surface area contributed by atoms with Crippen LogP contribution in [0.5, 0.6) is 0 Å². The summed E-state index contributed by atoms with van der Waals surface area (Å²) in [7, 11) is 0. The Balaban J connectivity index is 1.25. The van der Waals surface area contributed by atoms with E-state index in [1.807, 2.05) is 6.92 Å². The third-order valence-corrected chi connectivity index (χ3v) is 10.0. The molecule has 168 valence electrons. The Morgan fingerprint density at radius 2 is 1.97 bits per heavy atom. The molecule has 5 rings (SSSR count). The van der Waals surface area contributed by atoms with Crippen LogP contribution in [0, 0.1) is 52.3 Å². The second-order valence-electron chi connectivity index (χ2n) is 11.8. The number of nitriles is 1. The van der Waals surface area contributed by atoms with Gasteiger partial charge in [-0.3, -0.25) is 9.48 Å². The van der Waals surface area contributed by atoms with E-state index in [9.17, 15) is 9.90 Å². The highest BCUT2D eigenvalue weighted by molar-refractivity contribution is 5.78. The number of Topliss-reactive ketones (excluding diaryl/α,β-unsaturated/α-hetero) is 1. The minimum atomic E-state index is -0.446. The fourth-order valence-corrected chi connectivity index (χ4v) is 8.55. The molecule has 0 radical (unpaired) electrons.